The van der Waals surface area contributed by atoms with Crippen molar-refractivity contribution in [3.63, 3.8) is 0 Å². The third kappa shape index (κ3) is 2.27. The maximum absolute atomic E-state index is 12.4. The SMILES string of the molecule is CCN1C(=O)C(Cl)(Cl)C(Cl)=C1C(=O)c1ccccc1. The van der Waals surface area contributed by atoms with Crippen molar-refractivity contribution in [2.24, 2.45) is 0 Å². The number of nitrogens with zero attached hydrogens (tertiary/aromatic N) is 1. The van der Waals surface area contributed by atoms with E-state index in [-0.39, 0.29) is 23.1 Å². The summed E-state index contributed by atoms with van der Waals surface area (Å²) in [5.74, 6) is -0.966. The van der Waals surface area contributed by atoms with E-state index in [4.69, 9.17) is 34.8 Å². The molecule has 0 atom stereocenters. The summed E-state index contributed by atoms with van der Waals surface area (Å²) in [4.78, 5) is 25.6. The quantitative estimate of drug-likeness (QED) is 0.633. The second-order valence-corrected chi connectivity index (χ2v) is 5.69. The first-order chi connectivity index (χ1) is 8.91. The minimum atomic E-state index is -1.88. The van der Waals surface area contributed by atoms with Crippen LogP contribution in [0.5, 0.6) is 0 Å². The largest absolute Gasteiger partial charge is 0.305 e. The van der Waals surface area contributed by atoms with Gasteiger partial charge in [-0.1, -0.05) is 65.1 Å². The Morgan fingerprint density at radius 2 is 1.84 bits per heavy atom. The predicted molar refractivity (Wildman–Crippen MR) is 75.5 cm³/mol. The molecule has 6 heteroatoms. The average Bonchev–Trinajstić information content (AvgIpc) is 2.59. The van der Waals surface area contributed by atoms with Crippen LogP contribution in [0.2, 0.25) is 0 Å². The summed E-state index contributed by atoms with van der Waals surface area (Å²) >= 11 is 17.8. The molecule has 0 N–H and O–H groups in total. The maximum atomic E-state index is 12.4. The molecule has 1 amide bonds. The lowest BCUT2D eigenvalue weighted by Gasteiger charge is -2.18. The summed E-state index contributed by atoms with van der Waals surface area (Å²) in [7, 11) is 0. The van der Waals surface area contributed by atoms with Crippen LogP contribution in [0.1, 0.15) is 17.3 Å². The van der Waals surface area contributed by atoms with Crippen LogP contribution in [0.15, 0.2) is 41.1 Å². The molecular formula is C13H10Cl3NO2. The van der Waals surface area contributed by atoms with E-state index in [0.29, 0.717) is 5.56 Å². The van der Waals surface area contributed by atoms with Gasteiger partial charge >= 0.3 is 0 Å². The van der Waals surface area contributed by atoms with E-state index in [9.17, 15) is 9.59 Å². The number of hydrogen-bond acceptors (Lipinski definition) is 2. The van der Waals surface area contributed by atoms with Crippen LogP contribution >= 0.6 is 34.8 Å². The van der Waals surface area contributed by atoms with Crippen molar-refractivity contribution in [3.8, 4) is 0 Å². The van der Waals surface area contributed by atoms with Gasteiger partial charge in [-0.05, 0) is 6.92 Å². The smallest absolute Gasteiger partial charge is 0.269 e. The molecule has 1 heterocycles. The van der Waals surface area contributed by atoms with Gasteiger partial charge in [-0.25, -0.2) is 0 Å². The fraction of sp³-hybridized carbons (Fsp3) is 0.231. The normalized spacial score (nSPS) is 18.1. The van der Waals surface area contributed by atoms with Crippen molar-refractivity contribution >= 4 is 46.5 Å². The predicted octanol–water partition coefficient (Wildman–Crippen LogP) is 3.36. The van der Waals surface area contributed by atoms with Crippen LogP contribution in [0.3, 0.4) is 0 Å². The lowest BCUT2D eigenvalue weighted by Crippen LogP contribution is -2.35. The number of hydrogen-bond donors (Lipinski definition) is 0. The van der Waals surface area contributed by atoms with Gasteiger partial charge in [0.1, 0.15) is 5.70 Å². The minimum absolute atomic E-state index is 0.0466. The first-order valence-electron chi connectivity index (χ1n) is 5.61. The van der Waals surface area contributed by atoms with Crippen molar-refractivity contribution in [2.75, 3.05) is 6.54 Å². The number of ketones is 1. The Bertz CT molecular complexity index is 567. The Hall–Kier alpha value is -1.03. The number of amides is 1. The zero-order valence-corrected chi connectivity index (χ0v) is 12.3. The summed E-state index contributed by atoms with van der Waals surface area (Å²) in [5.41, 5.74) is 0.471. The zero-order chi connectivity index (χ0) is 14.2. The molecule has 0 bridgehead atoms. The van der Waals surface area contributed by atoms with Crippen molar-refractivity contribution in [2.45, 2.75) is 11.3 Å². The van der Waals surface area contributed by atoms with Gasteiger partial charge in [0.15, 0.2) is 0 Å². The highest BCUT2D eigenvalue weighted by atomic mass is 35.5. The van der Waals surface area contributed by atoms with Gasteiger partial charge in [0.2, 0.25) is 10.1 Å². The summed E-state index contributed by atoms with van der Waals surface area (Å²) in [6.07, 6.45) is 0. The molecule has 2 rings (SSSR count). The Kier molecular flexibility index (Phi) is 3.90. The monoisotopic (exact) mass is 317 g/mol. The van der Waals surface area contributed by atoms with E-state index in [1.165, 1.54) is 4.90 Å². The second kappa shape index (κ2) is 5.16. The maximum Gasteiger partial charge on any atom is 0.269 e. The molecule has 0 unspecified atom stereocenters. The lowest BCUT2D eigenvalue weighted by atomic mass is 10.1. The van der Waals surface area contributed by atoms with E-state index >= 15 is 0 Å². The Morgan fingerprint density at radius 1 is 1.26 bits per heavy atom. The Labute approximate surface area is 125 Å². The minimum Gasteiger partial charge on any atom is -0.305 e. The van der Waals surface area contributed by atoms with Gasteiger partial charge in [0, 0.05) is 12.1 Å². The summed E-state index contributed by atoms with van der Waals surface area (Å²) in [6.45, 7) is 1.99. The lowest BCUT2D eigenvalue weighted by molar-refractivity contribution is -0.127. The number of allylic oxidation sites excluding steroid dienone is 1. The topological polar surface area (TPSA) is 37.4 Å². The highest BCUT2D eigenvalue weighted by molar-refractivity contribution is 6.66. The third-order valence-electron chi connectivity index (χ3n) is 2.83. The van der Waals surface area contributed by atoms with Crippen molar-refractivity contribution < 1.29 is 9.59 Å². The number of carbonyl (C=O) groups is 2. The Balaban J connectivity index is 2.51. The van der Waals surface area contributed by atoms with Crippen LogP contribution in [0.25, 0.3) is 0 Å². The van der Waals surface area contributed by atoms with E-state index < -0.39 is 10.2 Å². The molecule has 1 aromatic carbocycles. The molecule has 0 radical (unpaired) electrons. The number of alkyl halides is 2. The molecule has 100 valence electrons. The molecule has 0 fully saturated rings. The number of Topliss-reactive ketones (excluding diaryl/α,β-unsaturated/α-hetero) is 1. The van der Waals surface area contributed by atoms with Crippen molar-refractivity contribution in [1.29, 1.82) is 0 Å². The molecule has 0 aromatic heterocycles. The van der Waals surface area contributed by atoms with Crippen LogP contribution in [-0.4, -0.2) is 27.5 Å². The first-order valence-corrected chi connectivity index (χ1v) is 6.74. The van der Waals surface area contributed by atoms with E-state index in [0.717, 1.165) is 0 Å². The molecular weight excluding hydrogens is 309 g/mol. The fourth-order valence-electron chi connectivity index (χ4n) is 1.88. The highest BCUT2D eigenvalue weighted by Crippen LogP contribution is 2.44. The summed E-state index contributed by atoms with van der Waals surface area (Å²) in [5, 5.41) is -0.142. The molecule has 1 aliphatic rings. The van der Waals surface area contributed by atoms with Gasteiger partial charge in [-0.3, -0.25) is 9.59 Å². The molecule has 1 aromatic rings. The van der Waals surface area contributed by atoms with Gasteiger partial charge in [0.25, 0.3) is 5.91 Å². The van der Waals surface area contributed by atoms with E-state index in [1.54, 1.807) is 37.3 Å². The number of benzene rings is 1. The van der Waals surface area contributed by atoms with Crippen LogP contribution in [-0.2, 0) is 4.79 Å². The van der Waals surface area contributed by atoms with Crippen LogP contribution in [0, 0.1) is 0 Å². The molecule has 0 saturated carbocycles. The molecule has 3 nitrogen and oxygen atoms in total. The Morgan fingerprint density at radius 3 is 2.37 bits per heavy atom. The highest BCUT2D eigenvalue weighted by Gasteiger charge is 2.51. The van der Waals surface area contributed by atoms with Crippen molar-refractivity contribution in [1.82, 2.24) is 4.90 Å². The third-order valence-corrected chi connectivity index (χ3v) is 4.19. The number of halogens is 3. The zero-order valence-electron chi connectivity index (χ0n) is 9.99. The molecule has 19 heavy (non-hydrogen) atoms. The van der Waals surface area contributed by atoms with Gasteiger partial charge in [-0.15, -0.1) is 0 Å². The van der Waals surface area contributed by atoms with Crippen LogP contribution < -0.4 is 0 Å². The first kappa shape index (κ1) is 14.4. The summed E-state index contributed by atoms with van der Waals surface area (Å²) in [6, 6.07) is 8.52. The standard InChI is InChI=1S/C13H10Cl3NO2/c1-2-17-9(11(14)13(15,16)12(17)19)10(18)8-6-4-3-5-7-8/h3-7H,2H2,1H3. The number of likely N-dealkylation sites (N-methyl/N-ethyl adjacent to an activating group) is 1. The van der Waals surface area contributed by atoms with E-state index in [2.05, 4.69) is 0 Å². The van der Waals surface area contributed by atoms with Gasteiger partial charge in [0.05, 0.1) is 5.03 Å². The number of carbonyl (C=O) groups excluding carboxylic acids is 2. The van der Waals surface area contributed by atoms with Gasteiger partial charge in [-0.2, -0.15) is 0 Å². The fourth-order valence-corrected chi connectivity index (χ4v) is 2.53. The average molecular weight is 319 g/mol. The second-order valence-electron chi connectivity index (χ2n) is 3.98. The van der Waals surface area contributed by atoms with Gasteiger partial charge < -0.3 is 4.90 Å². The van der Waals surface area contributed by atoms with Crippen molar-refractivity contribution in [3.05, 3.63) is 46.6 Å². The summed E-state index contributed by atoms with van der Waals surface area (Å²) < 4.78 is -1.88. The molecule has 1 aliphatic heterocycles. The van der Waals surface area contributed by atoms with E-state index in [1.807, 2.05) is 0 Å². The molecule has 0 aliphatic carbocycles. The molecule has 0 spiro atoms. The molecule has 0 saturated heterocycles. The number of rotatable bonds is 3. The van der Waals surface area contributed by atoms with Crippen LogP contribution in [0.4, 0.5) is 0 Å².